The predicted octanol–water partition coefficient (Wildman–Crippen LogP) is 1.07. The Hall–Kier alpha value is -1.69. The highest BCUT2D eigenvalue weighted by Gasteiger charge is 2.17. The largest absolute Gasteiger partial charge is 0.489 e. The summed E-state index contributed by atoms with van der Waals surface area (Å²) >= 11 is 0. The molecule has 0 heterocycles. The van der Waals surface area contributed by atoms with Gasteiger partial charge in [-0.1, -0.05) is 6.07 Å². The second-order valence-electron chi connectivity index (χ2n) is 2.48. The zero-order valence-electron chi connectivity index (χ0n) is 7.27. The van der Waals surface area contributed by atoms with Gasteiger partial charge in [0.25, 0.3) is 0 Å². The molecule has 0 aliphatic heterocycles. The number of halogens is 1. The van der Waals surface area contributed by atoms with E-state index in [1.807, 2.05) is 0 Å². The van der Waals surface area contributed by atoms with Gasteiger partial charge in [0.2, 0.25) is 5.82 Å². The molecule has 0 aromatic heterocycles. The minimum Gasteiger partial charge on any atom is -0.489 e. The van der Waals surface area contributed by atoms with Crippen molar-refractivity contribution < 1.29 is 14.1 Å². The number of nitrogens with two attached hydrogens (primary N) is 1. The fraction of sp³-hybridized carbons (Fsp3) is 0.250. The van der Waals surface area contributed by atoms with Gasteiger partial charge < -0.3 is 10.5 Å². The molecular formula is C8H9FN2O3. The van der Waals surface area contributed by atoms with E-state index in [0.717, 1.165) is 6.07 Å². The van der Waals surface area contributed by atoms with E-state index < -0.39 is 16.4 Å². The smallest absolute Gasteiger partial charge is 0.308 e. The van der Waals surface area contributed by atoms with Crippen LogP contribution >= 0.6 is 0 Å². The Labute approximate surface area is 79.4 Å². The Morgan fingerprint density at radius 2 is 2.29 bits per heavy atom. The molecule has 14 heavy (non-hydrogen) atoms. The second kappa shape index (κ2) is 4.52. The Morgan fingerprint density at radius 3 is 2.86 bits per heavy atom. The van der Waals surface area contributed by atoms with Crippen molar-refractivity contribution in [2.75, 3.05) is 13.2 Å². The molecule has 0 fully saturated rings. The number of ether oxygens (including phenoxy) is 1. The van der Waals surface area contributed by atoms with Crippen molar-refractivity contribution in [1.82, 2.24) is 0 Å². The second-order valence-corrected chi connectivity index (χ2v) is 2.48. The first-order valence-electron chi connectivity index (χ1n) is 3.92. The van der Waals surface area contributed by atoms with E-state index >= 15 is 0 Å². The summed E-state index contributed by atoms with van der Waals surface area (Å²) < 4.78 is 18.1. The molecular weight excluding hydrogens is 191 g/mol. The van der Waals surface area contributed by atoms with Gasteiger partial charge in [-0.05, 0) is 6.07 Å². The van der Waals surface area contributed by atoms with Crippen LogP contribution in [0.3, 0.4) is 0 Å². The molecule has 0 atom stereocenters. The van der Waals surface area contributed by atoms with Gasteiger partial charge >= 0.3 is 5.69 Å². The van der Waals surface area contributed by atoms with Crippen LogP contribution in [0.2, 0.25) is 0 Å². The van der Waals surface area contributed by atoms with Crippen LogP contribution in [0.5, 0.6) is 5.75 Å². The van der Waals surface area contributed by atoms with Crippen LogP contribution in [0.4, 0.5) is 10.1 Å². The maximum atomic E-state index is 13.2. The Morgan fingerprint density at radius 1 is 1.57 bits per heavy atom. The molecule has 5 nitrogen and oxygen atoms in total. The SMILES string of the molecule is NCCOc1cccc([N+](=O)[O-])c1F. The molecule has 0 unspecified atom stereocenters. The molecule has 76 valence electrons. The number of nitro groups is 1. The molecule has 0 saturated carbocycles. The molecule has 2 N–H and O–H groups in total. The van der Waals surface area contributed by atoms with E-state index in [1.54, 1.807) is 0 Å². The summed E-state index contributed by atoms with van der Waals surface area (Å²) in [5.74, 6) is -1.12. The number of benzene rings is 1. The monoisotopic (exact) mass is 200 g/mol. The van der Waals surface area contributed by atoms with E-state index in [9.17, 15) is 14.5 Å². The maximum absolute atomic E-state index is 13.2. The molecule has 0 spiro atoms. The standard InChI is InChI=1S/C8H9FN2O3/c9-8-6(11(12)13)2-1-3-7(8)14-5-4-10/h1-3H,4-5,10H2. The Kier molecular flexibility index (Phi) is 3.35. The molecule has 0 aliphatic carbocycles. The topological polar surface area (TPSA) is 78.4 Å². The summed E-state index contributed by atoms with van der Waals surface area (Å²) in [5, 5.41) is 10.3. The molecule has 0 amide bonds. The fourth-order valence-electron chi connectivity index (χ4n) is 0.921. The van der Waals surface area contributed by atoms with Crippen LogP contribution in [0.25, 0.3) is 0 Å². The van der Waals surface area contributed by atoms with Gasteiger partial charge in [-0.3, -0.25) is 10.1 Å². The number of hydrogen-bond acceptors (Lipinski definition) is 4. The summed E-state index contributed by atoms with van der Waals surface area (Å²) in [6, 6.07) is 3.75. The number of nitrogens with zero attached hydrogens (tertiary/aromatic N) is 1. The zero-order chi connectivity index (χ0) is 10.6. The zero-order valence-corrected chi connectivity index (χ0v) is 7.27. The minimum absolute atomic E-state index is 0.123. The summed E-state index contributed by atoms with van der Waals surface area (Å²) in [5.41, 5.74) is 4.55. The van der Waals surface area contributed by atoms with Crippen LogP contribution in [-0.2, 0) is 0 Å². The average molecular weight is 200 g/mol. The Balaban J connectivity index is 2.95. The van der Waals surface area contributed by atoms with Gasteiger partial charge in [-0.2, -0.15) is 4.39 Å². The van der Waals surface area contributed by atoms with E-state index in [0.29, 0.717) is 0 Å². The molecule has 1 rings (SSSR count). The molecule has 6 heteroatoms. The highest BCUT2D eigenvalue weighted by atomic mass is 19.1. The van der Waals surface area contributed by atoms with Crippen LogP contribution in [0.1, 0.15) is 0 Å². The molecule has 1 aromatic carbocycles. The highest BCUT2D eigenvalue weighted by molar-refractivity contribution is 5.40. The van der Waals surface area contributed by atoms with Gasteiger partial charge in [-0.25, -0.2) is 0 Å². The molecule has 0 radical (unpaired) electrons. The average Bonchev–Trinajstić information content (AvgIpc) is 2.16. The van der Waals surface area contributed by atoms with Gasteiger partial charge in [-0.15, -0.1) is 0 Å². The predicted molar refractivity (Wildman–Crippen MR) is 47.6 cm³/mol. The van der Waals surface area contributed by atoms with Crippen molar-refractivity contribution in [3.63, 3.8) is 0 Å². The summed E-state index contributed by atoms with van der Waals surface area (Å²) in [6.07, 6.45) is 0. The summed E-state index contributed by atoms with van der Waals surface area (Å²) in [6.45, 7) is 0.347. The number of hydrogen-bond donors (Lipinski definition) is 1. The van der Waals surface area contributed by atoms with Crippen LogP contribution in [0, 0.1) is 15.9 Å². The third-order valence-electron chi connectivity index (χ3n) is 1.52. The van der Waals surface area contributed by atoms with Crippen molar-refractivity contribution in [3.05, 3.63) is 34.1 Å². The van der Waals surface area contributed by atoms with Crippen LogP contribution in [0.15, 0.2) is 18.2 Å². The van der Waals surface area contributed by atoms with E-state index in [-0.39, 0.29) is 18.9 Å². The fourth-order valence-corrected chi connectivity index (χ4v) is 0.921. The van der Waals surface area contributed by atoms with E-state index in [1.165, 1.54) is 12.1 Å². The highest BCUT2D eigenvalue weighted by Crippen LogP contribution is 2.25. The van der Waals surface area contributed by atoms with Crippen LogP contribution in [-0.4, -0.2) is 18.1 Å². The van der Waals surface area contributed by atoms with Crippen LogP contribution < -0.4 is 10.5 Å². The normalized spacial score (nSPS) is 9.86. The molecule has 0 bridgehead atoms. The van der Waals surface area contributed by atoms with Crippen molar-refractivity contribution in [3.8, 4) is 5.75 Å². The first-order chi connectivity index (χ1) is 6.66. The molecule has 0 aliphatic rings. The first kappa shape index (κ1) is 10.4. The van der Waals surface area contributed by atoms with Crippen molar-refractivity contribution in [2.24, 2.45) is 5.73 Å². The lowest BCUT2D eigenvalue weighted by molar-refractivity contribution is -0.387. The van der Waals surface area contributed by atoms with Gasteiger partial charge in [0.05, 0.1) is 4.92 Å². The lowest BCUT2D eigenvalue weighted by Gasteiger charge is -2.04. The van der Waals surface area contributed by atoms with E-state index in [2.05, 4.69) is 0 Å². The molecule has 1 aromatic rings. The molecule has 0 saturated heterocycles. The van der Waals surface area contributed by atoms with E-state index in [4.69, 9.17) is 10.5 Å². The third-order valence-corrected chi connectivity index (χ3v) is 1.52. The van der Waals surface area contributed by atoms with Gasteiger partial charge in [0.15, 0.2) is 5.75 Å². The lowest BCUT2D eigenvalue weighted by Crippen LogP contribution is -2.11. The Bertz CT molecular complexity index is 343. The van der Waals surface area contributed by atoms with Crippen molar-refractivity contribution in [1.29, 1.82) is 0 Å². The summed E-state index contributed by atoms with van der Waals surface area (Å²) in [4.78, 5) is 9.53. The quantitative estimate of drug-likeness (QED) is 0.582. The lowest BCUT2D eigenvalue weighted by atomic mass is 10.3. The van der Waals surface area contributed by atoms with Crippen molar-refractivity contribution >= 4 is 5.69 Å². The van der Waals surface area contributed by atoms with Gasteiger partial charge in [0, 0.05) is 12.6 Å². The number of nitro benzene ring substituents is 1. The maximum Gasteiger partial charge on any atom is 0.308 e. The van der Waals surface area contributed by atoms with Crippen molar-refractivity contribution in [2.45, 2.75) is 0 Å². The number of rotatable bonds is 4. The van der Waals surface area contributed by atoms with Gasteiger partial charge in [0.1, 0.15) is 6.61 Å². The first-order valence-corrected chi connectivity index (χ1v) is 3.92. The summed E-state index contributed by atoms with van der Waals surface area (Å²) in [7, 11) is 0. The third kappa shape index (κ3) is 2.17. The minimum atomic E-state index is -0.967.